The Morgan fingerprint density at radius 1 is 0.903 bits per heavy atom. The van der Waals surface area contributed by atoms with Crippen molar-refractivity contribution in [2.75, 3.05) is 63.5 Å². The zero-order chi connectivity index (χ0) is 21.4. The van der Waals surface area contributed by atoms with Crippen LogP contribution >= 0.6 is 0 Å². The van der Waals surface area contributed by atoms with E-state index in [2.05, 4.69) is 45.0 Å². The molecule has 0 atom stereocenters. The van der Waals surface area contributed by atoms with Gasteiger partial charge in [-0.3, -0.25) is 0 Å². The summed E-state index contributed by atoms with van der Waals surface area (Å²) in [7, 11) is 2.14. The van der Waals surface area contributed by atoms with Crippen LogP contribution in [0.3, 0.4) is 0 Å². The minimum absolute atomic E-state index is 0.178. The van der Waals surface area contributed by atoms with Gasteiger partial charge in [0.15, 0.2) is 0 Å². The van der Waals surface area contributed by atoms with Gasteiger partial charge in [0, 0.05) is 64.0 Å². The minimum Gasteiger partial charge on any atom is -0.368 e. The van der Waals surface area contributed by atoms with Crippen molar-refractivity contribution >= 4 is 17.8 Å². The highest BCUT2D eigenvalue weighted by Crippen LogP contribution is 2.28. The molecule has 8 heteroatoms. The van der Waals surface area contributed by atoms with Gasteiger partial charge < -0.3 is 25.3 Å². The van der Waals surface area contributed by atoms with E-state index in [1.165, 1.54) is 11.1 Å². The Hall–Kier alpha value is -2.87. The summed E-state index contributed by atoms with van der Waals surface area (Å²) in [6.45, 7) is 7.11. The van der Waals surface area contributed by atoms with Crippen LogP contribution in [0.4, 0.5) is 16.6 Å². The predicted molar refractivity (Wildman–Crippen MR) is 122 cm³/mol. The molecule has 0 saturated carbocycles. The second kappa shape index (κ2) is 8.34. The summed E-state index contributed by atoms with van der Waals surface area (Å²) < 4.78 is 0. The molecular formula is C23H31N7O. The maximum absolute atomic E-state index is 12.9. The first kappa shape index (κ1) is 20.1. The van der Waals surface area contributed by atoms with Crippen molar-refractivity contribution in [3.63, 3.8) is 0 Å². The van der Waals surface area contributed by atoms with E-state index in [1.54, 1.807) is 0 Å². The third-order valence-corrected chi connectivity index (χ3v) is 6.72. The van der Waals surface area contributed by atoms with Gasteiger partial charge in [0.1, 0.15) is 5.82 Å². The number of rotatable bonds is 2. The van der Waals surface area contributed by atoms with Gasteiger partial charge in [-0.1, -0.05) is 12.1 Å². The van der Waals surface area contributed by atoms with Gasteiger partial charge in [-0.05, 0) is 43.5 Å². The predicted octanol–water partition coefficient (Wildman–Crippen LogP) is 2.05. The number of nitrogens with zero attached hydrogens (tertiary/aromatic N) is 6. The number of likely N-dealkylation sites (N-methyl/N-ethyl adjacent to an activating group) is 1. The zero-order valence-electron chi connectivity index (χ0n) is 18.3. The fraction of sp³-hybridized carbons (Fsp3) is 0.522. The molecule has 0 bridgehead atoms. The number of carbonyl (C=O) groups is 1. The maximum atomic E-state index is 12.9. The van der Waals surface area contributed by atoms with Gasteiger partial charge in [-0.15, -0.1) is 0 Å². The average molecular weight is 422 g/mol. The number of likely N-dealkylation sites (tertiary alicyclic amines) is 1. The van der Waals surface area contributed by atoms with Crippen molar-refractivity contribution in [3.8, 4) is 11.3 Å². The number of nitrogens with two attached hydrogens (primary N) is 1. The lowest BCUT2D eigenvalue weighted by Gasteiger charge is -2.33. The Morgan fingerprint density at radius 2 is 1.68 bits per heavy atom. The number of nitrogen functional groups attached to an aromatic ring is 1. The van der Waals surface area contributed by atoms with E-state index >= 15 is 0 Å². The molecule has 164 valence electrons. The summed E-state index contributed by atoms with van der Waals surface area (Å²) in [4.78, 5) is 30.4. The lowest BCUT2D eigenvalue weighted by Crippen LogP contribution is -2.44. The minimum atomic E-state index is 0.178. The van der Waals surface area contributed by atoms with E-state index in [1.807, 2.05) is 15.9 Å². The topological polar surface area (TPSA) is 81.8 Å². The number of aromatic nitrogens is 2. The van der Waals surface area contributed by atoms with Crippen molar-refractivity contribution < 1.29 is 4.79 Å². The van der Waals surface area contributed by atoms with E-state index in [0.717, 1.165) is 82.2 Å². The first-order chi connectivity index (χ1) is 15.1. The van der Waals surface area contributed by atoms with Crippen molar-refractivity contribution in [1.82, 2.24) is 24.7 Å². The van der Waals surface area contributed by atoms with Crippen LogP contribution in [0.15, 0.2) is 24.3 Å². The number of piperazine rings is 1. The molecular weight excluding hydrogens is 390 g/mol. The Bertz CT molecular complexity index is 964. The highest BCUT2D eigenvalue weighted by molar-refractivity contribution is 5.75. The van der Waals surface area contributed by atoms with Gasteiger partial charge in [0.25, 0.3) is 0 Å². The Morgan fingerprint density at radius 3 is 2.45 bits per heavy atom. The smallest absolute Gasteiger partial charge is 0.320 e. The largest absolute Gasteiger partial charge is 0.368 e. The number of carbonyl (C=O) groups excluding carboxylic acids is 1. The molecule has 5 rings (SSSR count). The normalized spacial score (nSPS) is 19.6. The van der Waals surface area contributed by atoms with Gasteiger partial charge in [-0.25, -0.2) is 9.78 Å². The monoisotopic (exact) mass is 421 g/mol. The molecule has 3 aliphatic rings. The summed E-state index contributed by atoms with van der Waals surface area (Å²) in [5, 5.41) is 0. The molecule has 4 heterocycles. The molecule has 2 aromatic rings. The summed E-state index contributed by atoms with van der Waals surface area (Å²) in [6.07, 6.45) is 3.13. The van der Waals surface area contributed by atoms with Crippen LogP contribution in [0.2, 0.25) is 0 Å². The molecule has 31 heavy (non-hydrogen) atoms. The standard InChI is InChI=1S/C23H31N7O/c1-27-10-12-28(13-11-27)21-15-20(25-22(24)26-21)18-5-4-17-6-9-30(16-19(17)14-18)23(31)29-7-2-3-8-29/h4-5,14-15H,2-3,6-13,16H2,1H3,(H2,24,25,26). The van der Waals surface area contributed by atoms with Gasteiger partial charge in [0.05, 0.1) is 5.69 Å². The van der Waals surface area contributed by atoms with Gasteiger partial charge >= 0.3 is 6.03 Å². The zero-order valence-corrected chi connectivity index (χ0v) is 18.3. The quantitative estimate of drug-likeness (QED) is 0.799. The van der Waals surface area contributed by atoms with Crippen LogP contribution in [-0.2, 0) is 13.0 Å². The summed E-state index contributed by atoms with van der Waals surface area (Å²) in [6, 6.07) is 8.69. The van der Waals surface area contributed by atoms with Crippen LogP contribution in [0.5, 0.6) is 0 Å². The first-order valence-electron chi connectivity index (χ1n) is 11.3. The lowest BCUT2D eigenvalue weighted by atomic mass is 9.96. The molecule has 2 fully saturated rings. The van der Waals surface area contributed by atoms with Crippen LogP contribution in [0.25, 0.3) is 11.3 Å². The Labute approximate surface area is 183 Å². The van der Waals surface area contributed by atoms with Gasteiger partial charge in [0.2, 0.25) is 5.95 Å². The number of anilines is 2. The third kappa shape index (κ3) is 4.17. The van der Waals surface area contributed by atoms with E-state index in [4.69, 9.17) is 5.73 Å². The average Bonchev–Trinajstić information content (AvgIpc) is 3.33. The number of amides is 2. The molecule has 2 amide bonds. The molecule has 1 aromatic carbocycles. The molecule has 0 aliphatic carbocycles. The molecule has 3 aliphatic heterocycles. The number of hydrogen-bond donors (Lipinski definition) is 1. The molecule has 0 unspecified atom stereocenters. The van der Waals surface area contributed by atoms with Crippen molar-refractivity contribution in [1.29, 1.82) is 0 Å². The molecule has 0 spiro atoms. The van der Waals surface area contributed by atoms with Crippen molar-refractivity contribution in [3.05, 3.63) is 35.4 Å². The number of benzene rings is 1. The van der Waals surface area contributed by atoms with Crippen molar-refractivity contribution in [2.45, 2.75) is 25.8 Å². The van der Waals surface area contributed by atoms with E-state index in [9.17, 15) is 4.79 Å². The Balaban J connectivity index is 1.38. The second-order valence-corrected chi connectivity index (χ2v) is 8.89. The summed E-state index contributed by atoms with van der Waals surface area (Å²) >= 11 is 0. The molecule has 2 N–H and O–H groups in total. The fourth-order valence-corrected chi connectivity index (χ4v) is 4.79. The SMILES string of the molecule is CN1CCN(c2cc(-c3ccc4c(c3)CN(C(=O)N3CCCC3)CC4)nc(N)n2)CC1. The highest BCUT2D eigenvalue weighted by atomic mass is 16.2. The summed E-state index contributed by atoms with van der Waals surface area (Å²) in [5.41, 5.74) is 10.5. The van der Waals surface area contributed by atoms with Crippen molar-refractivity contribution in [2.24, 2.45) is 0 Å². The fourth-order valence-electron chi connectivity index (χ4n) is 4.79. The summed E-state index contributed by atoms with van der Waals surface area (Å²) in [5.74, 6) is 1.19. The highest BCUT2D eigenvalue weighted by Gasteiger charge is 2.27. The number of hydrogen-bond acceptors (Lipinski definition) is 6. The maximum Gasteiger partial charge on any atom is 0.320 e. The Kier molecular flexibility index (Phi) is 5.40. The second-order valence-electron chi connectivity index (χ2n) is 8.89. The van der Waals surface area contributed by atoms with E-state index in [-0.39, 0.29) is 6.03 Å². The number of fused-ring (bicyclic) bond motifs is 1. The van der Waals surface area contributed by atoms with Crippen LogP contribution < -0.4 is 10.6 Å². The van der Waals surface area contributed by atoms with Gasteiger partial charge in [-0.2, -0.15) is 4.98 Å². The van der Waals surface area contributed by atoms with Crippen LogP contribution in [-0.4, -0.2) is 83.6 Å². The molecule has 2 saturated heterocycles. The first-order valence-corrected chi connectivity index (χ1v) is 11.3. The van der Waals surface area contributed by atoms with E-state index < -0.39 is 0 Å². The molecule has 8 nitrogen and oxygen atoms in total. The van der Waals surface area contributed by atoms with Crippen LogP contribution in [0.1, 0.15) is 24.0 Å². The van der Waals surface area contributed by atoms with E-state index in [0.29, 0.717) is 12.5 Å². The third-order valence-electron chi connectivity index (χ3n) is 6.72. The number of urea groups is 1. The van der Waals surface area contributed by atoms with Crippen LogP contribution in [0, 0.1) is 0 Å². The molecule has 1 aromatic heterocycles. The lowest BCUT2D eigenvalue weighted by molar-refractivity contribution is 0.157. The molecule has 0 radical (unpaired) electrons.